The number of fused-ring (bicyclic) bond motifs is 1. The van der Waals surface area contributed by atoms with Gasteiger partial charge in [0, 0.05) is 7.11 Å². The zero-order valence-electron chi connectivity index (χ0n) is 16.3. The third-order valence-electron chi connectivity index (χ3n) is 4.13. The van der Waals surface area contributed by atoms with E-state index in [0.717, 1.165) is 0 Å². The molecular weight excluding hydrogens is 535 g/mol. The Morgan fingerprint density at radius 3 is 2.58 bits per heavy atom. The molecule has 0 bridgehead atoms. The van der Waals surface area contributed by atoms with Crippen LogP contribution in [0.5, 0.6) is 0 Å². The van der Waals surface area contributed by atoms with Gasteiger partial charge in [-0.1, -0.05) is 0 Å². The quantitative estimate of drug-likeness (QED) is 0.173. The number of imidazole rings is 1. The second kappa shape index (κ2) is 9.49. The number of aliphatic hydroxyl groups excluding tert-OH is 1. The number of anilines is 1. The van der Waals surface area contributed by atoms with Crippen molar-refractivity contribution in [1.82, 2.24) is 19.5 Å². The molecule has 1 aliphatic heterocycles. The molecule has 18 nitrogen and oxygen atoms in total. The first-order valence-electron chi connectivity index (χ1n) is 8.49. The van der Waals surface area contributed by atoms with E-state index >= 15 is 0 Å². The number of hydrogen-bond acceptors (Lipinski definition) is 13. The topological polar surface area (TPSA) is 271 Å². The van der Waals surface area contributed by atoms with E-state index in [1.807, 2.05) is 0 Å². The molecule has 0 spiro atoms. The van der Waals surface area contributed by atoms with Crippen molar-refractivity contribution in [3.63, 3.8) is 0 Å². The van der Waals surface area contributed by atoms with Gasteiger partial charge >= 0.3 is 22.4 Å². The normalized spacial score (nSPS) is 27.5. The summed E-state index contributed by atoms with van der Waals surface area (Å²) in [6.45, 7) is -5.71. The van der Waals surface area contributed by atoms with Crippen LogP contribution in [0, 0.1) is 0 Å². The van der Waals surface area contributed by atoms with E-state index in [9.17, 15) is 28.8 Å². The lowest BCUT2D eigenvalue weighted by Crippen LogP contribution is -2.35. The summed E-state index contributed by atoms with van der Waals surface area (Å²) >= 11 is 4.25. The van der Waals surface area contributed by atoms with Gasteiger partial charge in [0.25, 0.3) is 5.56 Å². The van der Waals surface area contributed by atoms with Crippen molar-refractivity contribution in [2.24, 2.45) is 0 Å². The first-order chi connectivity index (χ1) is 15.1. The van der Waals surface area contributed by atoms with Crippen molar-refractivity contribution in [3.05, 3.63) is 16.7 Å². The summed E-state index contributed by atoms with van der Waals surface area (Å²) in [5, 5.41) is 10.5. The first kappa shape index (κ1) is 26.5. The number of phosphoric acid groups is 2. The van der Waals surface area contributed by atoms with Gasteiger partial charge < -0.3 is 39.9 Å². The molecule has 2 unspecified atom stereocenters. The van der Waals surface area contributed by atoms with Gasteiger partial charge in [-0.25, -0.2) is 22.7 Å². The van der Waals surface area contributed by atoms with E-state index in [4.69, 9.17) is 25.0 Å². The summed E-state index contributed by atoms with van der Waals surface area (Å²) in [6, 6.07) is 0. The molecule has 33 heavy (non-hydrogen) atoms. The van der Waals surface area contributed by atoms with E-state index in [1.165, 1.54) is 18.0 Å². The average Bonchev–Trinajstić information content (AvgIpc) is 3.17. The number of methoxy groups -OCH3 is 1. The van der Waals surface area contributed by atoms with Crippen LogP contribution in [-0.4, -0.2) is 76.2 Å². The number of nitrogens with two attached hydrogens (primary N) is 1. The number of nitrogens with one attached hydrogen (secondary N) is 1. The summed E-state index contributed by atoms with van der Waals surface area (Å²) in [7, 11) is -9.34. The molecule has 0 aromatic carbocycles. The molecule has 0 amide bonds. The Bertz CT molecular complexity index is 1230. The number of nitrogen functional groups attached to an aromatic ring is 1. The molecule has 8 N–H and O–H groups in total. The number of H-pyrrole nitrogens is 1. The van der Waals surface area contributed by atoms with Gasteiger partial charge in [-0.05, 0) is 11.8 Å². The molecule has 0 aliphatic carbocycles. The minimum Gasteiger partial charge on any atom is -0.387 e. The van der Waals surface area contributed by atoms with Crippen LogP contribution in [0.3, 0.4) is 0 Å². The maximum absolute atomic E-state index is 12.0. The predicted octanol–water partition coefficient (Wildman–Crippen LogP) is -1.57. The molecule has 186 valence electrons. The first-order valence-corrected chi connectivity index (χ1v) is 14.1. The minimum atomic E-state index is -5.35. The van der Waals surface area contributed by atoms with E-state index < -0.39 is 59.1 Å². The second-order valence-corrected chi connectivity index (χ2v) is 12.2. The van der Waals surface area contributed by atoms with Crippen LogP contribution >= 0.6 is 22.4 Å². The predicted molar refractivity (Wildman–Crippen MR) is 110 cm³/mol. The Labute approximate surface area is 188 Å². The summed E-state index contributed by atoms with van der Waals surface area (Å²) in [5.74, 6) is -0.211. The molecule has 1 aliphatic rings. The second-order valence-electron chi connectivity index (χ2n) is 6.42. The Hall–Kier alpha value is -1.14. The smallest absolute Gasteiger partial charge is 0.387 e. The maximum atomic E-state index is 12.0. The van der Waals surface area contributed by atoms with Crippen LogP contribution in [-0.2, 0) is 43.6 Å². The Morgan fingerprint density at radius 1 is 1.30 bits per heavy atom. The standard InChI is InChI=1S/C11H18N5O13P3S/c1-25-7-6(17)4(2-26-31(22,23)29-32(24,33)28-30(19,20)21)27-10(7)16-3-13-5-8(16)14-11(12)15-9(5)18/h3-4,6-7,10,17H,2H2,1H3,(H,22,23)(H,24,33)(H2,19,20,21)(H3,12,14,15,18)/t4-,6-,7+,10-,32?/m1/s1. The number of phosphoric ester groups is 1. The lowest BCUT2D eigenvalue weighted by molar-refractivity contribution is -0.0576. The van der Waals surface area contributed by atoms with E-state index in [0.29, 0.717) is 0 Å². The van der Waals surface area contributed by atoms with Crippen molar-refractivity contribution in [3.8, 4) is 0 Å². The molecule has 1 saturated heterocycles. The van der Waals surface area contributed by atoms with Gasteiger partial charge in [-0.3, -0.25) is 18.9 Å². The fourth-order valence-electron chi connectivity index (χ4n) is 2.94. The zero-order chi connectivity index (χ0) is 24.8. The van der Waals surface area contributed by atoms with E-state index in [-0.39, 0.29) is 17.1 Å². The van der Waals surface area contributed by atoms with Crippen LogP contribution in [0.25, 0.3) is 11.2 Å². The molecule has 3 rings (SSSR count). The minimum absolute atomic E-state index is 0.00351. The van der Waals surface area contributed by atoms with Gasteiger partial charge in [0.15, 0.2) is 17.4 Å². The Morgan fingerprint density at radius 2 is 1.97 bits per heavy atom. The monoisotopic (exact) mass is 553 g/mol. The molecule has 2 aromatic rings. The van der Waals surface area contributed by atoms with Crippen molar-refractivity contribution in [2.75, 3.05) is 19.5 Å². The van der Waals surface area contributed by atoms with Crippen molar-refractivity contribution in [1.29, 1.82) is 0 Å². The largest absolute Gasteiger partial charge is 0.479 e. The van der Waals surface area contributed by atoms with Gasteiger partial charge in [-0.2, -0.15) is 4.98 Å². The summed E-state index contributed by atoms with van der Waals surface area (Å²) in [4.78, 5) is 58.7. The zero-order valence-corrected chi connectivity index (χ0v) is 19.8. The third-order valence-corrected chi connectivity index (χ3v) is 9.13. The number of ether oxygens (including phenoxy) is 2. The fraction of sp³-hybridized carbons (Fsp3) is 0.545. The molecule has 22 heteroatoms. The SMILES string of the molecule is CO[C@H]1[C@H](O)[C@@H](COP(=O)(O)OP(O)(=S)OP(=O)(O)O)O[C@H]1n1cnc2c(=O)[nH]c(N)nc21. The molecule has 1 fully saturated rings. The molecule has 2 aromatic heterocycles. The summed E-state index contributed by atoms with van der Waals surface area (Å²) < 4.78 is 47.4. The lowest BCUT2D eigenvalue weighted by atomic mass is 10.1. The summed E-state index contributed by atoms with van der Waals surface area (Å²) in [5.41, 5.74) is 4.85. The fourth-order valence-corrected chi connectivity index (χ4v) is 7.50. The number of nitrogens with zero attached hydrogens (tertiary/aromatic N) is 3. The molecule has 0 saturated carbocycles. The highest BCUT2D eigenvalue weighted by molar-refractivity contribution is 8.09. The van der Waals surface area contributed by atoms with Gasteiger partial charge in [0.1, 0.15) is 18.3 Å². The average molecular weight is 553 g/mol. The molecule has 6 atom stereocenters. The van der Waals surface area contributed by atoms with E-state index in [1.54, 1.807) is 0 Å². The number of aliphatic hydroxyl groups is 1. The number of aromatic nitrogens is 4. The van der Waals surface area contributed by atoms with Crippen LogP contribution < -0.4 is 11.3 Å². The Balaban J connectivity index is 1.76. The molecule has 0 radical (unpaired) electrons. The van der Waals surface area contributed by atoms with Crippen molar-refractivity contribution in [2.45, 2.75) is 24.5 Å². The van der Waals surface area contributed by atoms with Gasteiger partial charge in [0.2, 0.25) is 5.95 Å². The highest BCUT2D eigenvalue weighted by Crippen LogP contribution is 2.66. The molecular formula is C11H18N5O13P3S. The van der Waals surface area contributed by atoms with Crippen LogP contribution in [0.15, 0.2) is 11.1 Å². The number of hydrogen-bond donors (Lipinski definition) is 7. The van der Waals surface area contributed by atoms with Crippen LogP contribution in [0.1, 0.15) is 6.23 Å². The number of aromatic amines is 1. The maximum Gasteiger partial charge on any atom is 0.479 e. The lowest BCUT2D eigenvalue weighted by Gasteiger charge is -2.21. The number of rotatable bonds is 9. The van der Waals surface area contributed by atoms with Gasteiger partial charge in [-0.15, -0.1) is 0 Å². The highest BCUT2D eigenvalue weighted by atomic mass is 32.5. The van der Waals surface area contributed by atoms with Crippen molar-refractivity contribution >= 4 is 51.3 Å². The van der Waals surface area contributed by atoms with Gasteiger partial charge in [0.05, 0.1) is 12.9 Å². The van der Waals surface area contributed by atoms with Crippen LogP contribution in [0.4, 0.5) is 5.95 Å². The van der Waals surface area contributed by atoms with Crippen LogP contribution in [0.2, 0.25) is 0 Å². The van der Waals surface area contributed by atoms with E-state index in [2.05, 4.69) is 39.9 Å². The molecule has 3 heterocycles. The van der Waals surface area contributed by atoms with Crippen molar-refractivity contribution < 1.29 is 56.4 Å². The summed E-state index contributed by atoms with van der Waals surface area (Å²) in [6.07, 6.45) is -3.85. The third kappa shape index (κ3) is 6.30. The Kier molecular flexibility index (Phi) is 7.61. The highest BCUT2D eigenvalue weighted by Gasteiger charge is 2.47.